The van der Waals surface area contributed by atoms with Crippen molar-refractivity contribution < 1.29 is 18.9 Å². The summed E-state index contributed by atoms with van der Waals surface area (Å²) in [5.74, 6) is -0.526. The lowest BCUT2D eigenvalue weighted by atomic mass is 10.3. The van der Waals surface area contributed by atoms with Crippen molar-refractivity contribution in [3.63, 3.8) is 0 Å². The van der Waals surface area contributed by atoms with Crippen molar-refractivity contribution in [2.45, 2.75) is 13.8 Å². The number of para-hydroxylation sites is 2. The zero-order valence-electron chi connectivity index (χ0n) is 15.6. The van der Waals surface area contributed by atoms with Crippen LogP contribution >= 0.6 is 7.14 Å². The maximum Gasteiger partial charge on any atom is 0.308 e. The monoisotopic (exact) mass is 393 g/mol. The van der Waals surface area contributed by atoms with E-state index in [-0.39, 0.29) is 11.7 Å². The summed E-state index contributed by atoms with van der Waals surface area (Å²) in [6.45, 7) is 2.70. The highest BCUT2D eigenvalue weighted by Crippen LogP contribution is 2.47. The topological polar surface area (TPSA) is 72.5 Å². The van der Waals surface area contributed by atoms with Gasteiger partial charge in [0.1, 0.15) is 5.75 Å². The van der Waals surface area contributed by atoms with E-state index in [2.05, 4.69) is 5.32 Å². The molecule has 1 N–H and O–H groups in total. The van der Waals surface area contributed by atoms with E-state index in [1.807, 2.05) is 6.07 Å². The van der Waals surface area contributed by atoms with E-state index in [1.54, 1.807) is 72.8 Å². The third-order valence-electron chi connectivity index (χ3n) is 4.13. The van der Waals surface area contributed by atoms with Crippen molar-refractivity contribution in [2.24, 2.45) is 0 Å². The van der Waals surface area contributed by atoms with Crippen LogP contribution in [0.3, 0.4) is 0 Å². The van der Waals surface area contributed by atoms with Gasteiger partial charge in [-0.3, -0.25) is 9.59 Å². The normalized spacial score (nSPS) is 12.6. The van der Waals surface area contributed by atoms with Crippen molar-refractivity contribution in [3.8, 4) is 5.75 Å². The smallest absolute Gasteiger partial charge is 0.308 e. The van der Waals surface area contributed by atoms with Gasteiger partial charge < -0.3 is 14.6 Å². The Hall–Kier alpha value is -3.17. The molecule has 0 aliphatic heterocycles. The second-order valence-corrected chi connectivity index (χ2v) is 8.90. The number of amides is 1. The fourth-order valence-electron chi connectivity index (χ4n) is 3.05. The van der Waals surface area contributed by atoms with Crippen LogP contribution in [0.15, 0.2) is 78.9 Å². The summed E-state index contributed by atoms with van der Waals surface area (Å²) in [4.78, 5) is 23.3. The van der Waals surface area contributed by atoms with Gasteiger partial charge >= 0.3 is 5.97 Å². The summed E-state index contributed by atoms with van der Waals surface area (Å²) in [7, 11) is -3.46. The second-order valence-electron chi connectivity index (χ2n) is 6.20. The van der Waals surface area contributed by atoms with E-state index >= 15 is 0 Å². The fourth-order valence-corrected chi connectivity index (χ4v) is 5.95. The van der Waals surface area contributed by atoms with Crippen LogP contribution in [0, 0.1) is 0 Å². The fraction of sp³-hybridized carbons (Fsp3) is 0.0909. The molecule has 0 bridgehead atoms. The molecule has 3 aromatic carbocycles. The number of benzene rings is 3. The van der Waals surface area contributed by atoms with Crippen molar-refractivity contribution in [3.05, 3.63) is 78.9 Å². The lowest BCUT2D eigenvalue weighted by Gasteiger charge is -2.24. The van der Waals surface area contributed by atoms with Gasteiger partial charge in [-0.1, -0.05) is 54.6 Å². The number of rotatable bonds is 5. The summed E-state index contributed by atoms with van der Waals surface area (Å²) in [6, 6.07) is 22.7. The Morgan fingerprint density at radius 2 is 1.36 bits per heavy atom. The van der Waals surface area contributed by atoms with Crippen LogP contribution in [0.5, 0.6) is 5.75 Å². The first-order valence-electron chi connectivity index (χ1n) is 8.74. The first kappa shape index (κ1) is 19.6. The van der Waals surface area contributed by atoms with Gasteiger partial charge in [0.15, 0.2) is 7.14 Å². The van der Waals surface area contributed by atoms with E-state index in [1.165, 1.54) is 13.8 Å². The Kier molecular flexibility index (Phi) is 5.76. The summed E-state index contributed by atoms with van der Waals surface area (Å²) >= 11 is 0. The quantitative estimate of drug-likeness (QED) is 0.411. The minimum absolute atomic E-state index is 0.236. The van der Waals surface area contributed by atoms with Crippen LogP contribution in [0.4, 0.5) is 5.69 Å². The summed E-state index contributed by atoms with van der Waals surface area (Å²) in [5.41, 5.74) is 0.458. The molecule has 0 unspecified atom stereocenters. The van der Waals surface area contributed by atoms with Crippen LogP contribution < -0.4 is 26.0 Å². The average molecular weight is 393 g/mol. The zero-order chi connectivity index (χ0) is 20.1. The molecule has 142 valence electrons. The Balaban J connectivity index is 2.34. The molecule has 0 saturated heterocycles. The predicted octanol–water partition coefficient (Wildman–Crippen LogP) is 3.21. The third-order valence-corrected chi connectivity index (χ3v) is 7.27. The minimum atomic E-state index is -3.46. The van der Waals surface area contributed by atoms with Crippen LogP contribution in [0.1, 0.15) is 13.8 Å². The van der Waals surface area contributed by atoms with Gasteiger partial charge in [0.25, 0.3) is 0 Å². The van der Waals surface area contributed by atoms with Crippen LogP contribution in [0.25, 0.3) is 0 Å². The highest BCUT2D eigenvalue weighted by atomic mass is 31.2. The molecule has 5 nitrogen and oxygen atoms in total. The van der Waals surface area contributed by atoms with Gasteiger partial charge in [-0.25, -0.2) is 0 Å². The van der Waals surface area contributed by atoms with Gasteiger partial charge in [-0.15, -0.1) is 0 Å². The second kappa shape index (κ2) is 8.24. The molecule has 1 amide bonds. The summed E-state index contributed by atoms with van der Waals surface area (Å²) in [5, 5.41) is 4.20. The van der Waals surface area contributed by atoms with Crippen LogP contribution in [-0.4, -0.2) is 11.9 Å². The lowest BCUT2D eigenvalue weighted by molar-refractivity contribution is -0.131. The molecule has 6 heteroatoms. The van der Waals surface area contributed by atoms with Gasteiger partial charge in [0.05, 0.1) is 11.0 Å². The van der Waals surface area contributed by atoms with E-state index in [0.29, 0.717) is 21.6 Å². The van der Waals surface area contributed by atoms with E-state index in [9.17, 15) is 14.2 Å². The Labute approximate surface area is 163 Å². The number of nitrogens with one attached hydrogen (secondary N) is 1. The molecule has 0 saturated carbocycles. The first-order chi connectivity index (χ1) is 13.4. The number of carbonyl (C=O) groups is 2. The number of anilines is 1. The van der Waals surface area contributed by atoms with Crippen molar-refractivity contribution in [2.75, 3.05) is 5.32 Å². The standard InChI is InChI=1S/C22H20NO4P/c1-16(24)23-19-12-6-8-14-21(19)28(26,18-10-4-3-5-11-18)22-15-9-7-13-20(22)27-17(2)25/h3-15H,1-2H3,(H,23,24)/t28-/m0/s1. The third kappa shape index (κ3) is 3.90. The Bertz CT molecular complexity index is 999. The number of ether oxygens (including phenoxy) is 1. The summed E-state index contributed by atoms with van der Waals surface area (Å²) < 4.78 is 20.0. The van der Waals surface area contributed by atoms with Crippen molar-refractivity contribution in [1.82, 2.24) is 0 Å². The molecule has 0 heterocycles. The van der Waals surface area contributed by atoms with E-state index in [0.717, 1.165) is 0 Å². The van der Waals surface area contributed by atoms with Crippen molar-refractivity contribution in [1.29, 1.82) is 0 Å². The molecule has 0 aliphatic rings. The Morgan fingerprint density at radius 1 is 0.786 bits per heavy atom. The van der Waals surface area contributed by atoms with Gasteiger partial charge in [-0.2, -0.15) is 0 Å². The molecular weight excluding hydrogens is 373 g/mol. The highest BCUT2D eigenvalue weighted by molar-refractivity contribution is 7.85. The molecule has 1 atom stereocenters. The van der Waals surface area contributed by atoms with Gasteiger partial charge in [0, 0.05) is 24.5 Å². The van der Waals surface area contributed by atoms with Gasteiger partial charge in [0.2, 0.25) is 5.91 Å². The molecule has 3 aromatic rings. The maximum absolute atomic E-state index is 14.7. The molecule has 28 heavy (non-hydrogen) atoms. The molecule has 0 aliphatic carbocycles. The highest BCUT2D eigenvalue weighted by Gasteiger charge is 2.35. The maximum atomic E-state index is 14.7. The summed E-state index contributed by atoms with van der Waals surface area (Å²) in [6.07, 6.45) is 0. The first-order valence-corrected chi connectivity index (χ1v) is 10.4. The molecule has 0 radical (unpaired) electrons. The molecule has 3 rings (SSSR count). The number of carbonyl (C=O) groups excluding carboxylic acids is 2. The number of hydrogen-bond donors (Lipinski definition) is 1. The van der Waals surface area contributed by atoms with Crippen molar-refractivity contribution >= 4 is 40.6 Å². The predicted molar refractivity (Wildman–Crippen MR) is 111 cm³/mol. The van der Waals surface area contributed by atoms with E-state index in [4.69, 9.17) is 4.74 Å². The number of esters is 1. The molecule has 0 spiro atoms. The van der Waals surface area contributed by atoms with Crippen LogP contribution in [-0.2, 0) is 14.2 Å². The SMILES string of the molecule is CC(=O)Nc1ccccc1[P@@](=O)(c1ccccc1)c1ccccc1OC(C)=O. The zero-order valence-corrected chi connectivity index (χ0v) is 16.5. The van der Waals surface area contributed by atoms with Crippen LogP contribution in [0.2, 0.25) is 0 Å². The minimum Gasteiger partial charge on any atom is -0.426 e. The number of hydrogen-bond acceptors (Lipinski definition) is 4. The molecule has 0 aromatic heterocycles. The lowest BCUT2D eigenvalue weighted by Crippen LogP contribution is -2.29. The Morgan fingerprint density at radius 3 is 2.00 bits per heavy atom. The van der Waals surface area contributed by atoms with E-state index < -0.39 is 13.1 Å². The molecular formula is C22H20NO4P. The largest absolute Gasteiger partial charge is 0.426 e. The molecule has 0 fully saturated rings. The average Bonchev–Trinajstić information content (AvgIpc) is 2.68. The van der Waals surface area contributed by atoms with Gasteiger partial charge in [-0.05, 0) is 24.3 Å².